The molecule has 0 spiro atoms. The van der Waals surface area contributed by atoms with Crippen LogP contribution in [0.3, 0.4) is 0 Å². The van der Waals surface area contributed by atoms with Gasteiger partial charge in [0, 0.05) is 19.3 Å². The van der Waals surface area contributed by atoms with Crippen LogP contribution in [0.4, 0.5) is 0 Å². The SMILES string of the molecule is CC/C=C\C/C=C\C/C=C\C/C=C\CCCCCCC(=O)OCC(COC(=O)CCCCCCC/C=C\CCC)OC(=O)CCCC/C=C\C/C=C\C/C=C\C/C=C\CC. The zero-order chi connectivity index (χ0) is 43.7. The fourth-order valence-electron chi connectivity index (χ4n) is 5.95. The summed E-state index contributed by atoms with van der Waals surface area (Å²) in [7, 11) is 0. The van der Waals surface area contributed by atoms with Crippen molar-refractivity contribution in [1.82, 2.24) is 0 Å². The maximum absolute atomic E-state index is 12.7. The first-order valence-electron chi connectivity index (χ1n) is 23.9. The predicted octanol–water partition coefficient (Wildman–Crippen LogP) is 15.6. The maximum atomic E-state index is 12.7. The van der Waals surface area contributed by atoms with Crippen LogP contribution in [0.5, 0.6) is 0 Å². The van der Waals surface area contributed by atoms with Gasteiger partial charge in [0.15, 0.2) is 6.10 Å². The molecule has 6 nitrogen and oxygen atoms in total. The third-order valence-corrected chi connectivity index (χ3v) is 9.47. The standard InChI is InChI=1S/C54H86O6/c1-4-7-10-13-16-19-22-24-26-27-29-30-32-35-38-41-44-47-53(56)59-50-51(49-58-52(55)46-43-40-37-34-21-18-15-12-9-6-3)60-54(57)48-45-42-39-36-33-31-28-25-23-20-17-14-11-8-5-2/h7-8,10-12,15-17,19-20,24-26,28-30,33,36,51H,4-6,9,13-14,18,21-23,27,31-32,34-35,37-50H2,1-3H3/b10-7-,11-8-,15-12-,19-16-,20-17-,26-24-,28-25-,30-29-,36-33-. The number of carbonyl (C=O) groups excluding carboxylic acids is 3. The molecule has 0 amide bonds. The number of hydrogen-bond acceptors (Lipinski definition) is 6. The lowest BCUT2D eigenvalue weighted by atomic mass is 10.1. The van der Waals surface area contributed by atoms with Gasteiger partial charge in [-0.15, -0.1) is 0 Å². The molecule has 0 saturated carbocycles. The molecule has 0 aromatic heterocycles. The normalized spacial score (nSPS) is 13.1. The summed E-state index contributed by atoms with van der Waals surface area (Å²) in [5.74, 6) is -0.997. The van der Waals surface area contributed by atoms with Crippen LogP contribution >= 0.6 is 0 Å². The monoisotopic (exact) mass is 831 g/mol. The van der Waals surface area contributed by atoms with Gasteiger partial charge in [0.05, 0.1) is 0 Å². The summed E-state index contributed by atoms with van der Waals surface area (Å²) in [4.78, 5) is 37.8. The zero-order valence-corrected chi connectivity index (χ0v) is 38.4. The minimum Gasteiger partial charge on any atom is -0.462 e. The molecule has 338 valence electrons. The van der Waals surface area contributed by atoms with Crippen LogP contribution in [-0.4, -0.2) is 37.2 Å². The van der Waals surface area contributed by atoms with Gasteiger partial charge in [0.2, 0.25) is 0 Å². The van der Waals surface area contributed by atoms with Gasteiger partial charge in [-0.25, -0.2) is 0 Å². The lowest BCUT2D eigenvalue weighted by Gasteiger charge is -2.18. The molecule has 0 aliphatic carbocycles. The largest absolute Gasteiger partial charge is 0.462 e. The topological polar surface area (TPSA) is 78.9 Å². The average molecular weight is 831 g/mol. The Labute approximate surface area is 368 Å². The van der Waals surface area contributed by atoms with E-state index in [9.17, 15) is 14.4 Å². The van der Waals surface area contributed by atoms with Crippen molar-refractivity contribution in [2.45, 2.75) is 200 Å². The second kappa shape index (κ2) is 47.7. The molecule has 6 heteroatoms. The Morgan fingerprint density at radius 2 is 0.650 bits per heavy atom. The predicted molar refractivity (Wildman–Crippen MR) is 256 cm³/mol. The summed E-state index contributed by atoms with van der Waals surface area (Å²) in [6, 6.07) is 0. The van der Waals surface area contributed by atoms with Crippen molar-refractivity contribution in [2.24, 2.45) is 0 Å². The zero-order valence-electron chi connectivity index (χ0n) is 38.4. The highest BCUT2D eigenvalue weighted by atomic mass is 16.6. The van der Waals surface area contributed by atoms with Crippen molar-refractivity contribution in [1.29, 1.82) is 0 Å². The fraction of sp³-hybridized carbons (Fsp3) is 0.611. The number of unbranched alkanes of at least 4 members (excludes halogenated alkanes) is 12. The molecule has 0 N–H and O–H groups in total. The molecular formula is C54H86O6. The molecule has 0 heterocycles. The van der Waals surface area contributed by atoms with Gasteiger partial charge in [0.1, 0.15) is 13.2 Å². The summed E-state index contributed by atoms with van der Waals surface area (Å²) >= 11 is 0. The van der Waals surface area contributed by atoms with E-state index in [0.29, 0.717) is 19.3 Å². The Morgan fingerprint density at radius 3 is 1.07 bits per heavy atom. The summed E-state index contributed by atoms with van der Waals surface area (Å²) in [6.07, 6.45) is 63.6. The fourth-order valence-corrected chi connectivity index (χ4v) is 5.95. The van der Waals surface area contributed by atoms with E-state index in [1.165, 1.54) is 12.8 Å². The van der Waals surface area contributed by atoms with E-state index >= 15 is 0 Å². The lowest BCUT2D eigenvalue weighted by Crippen LogP contribution is -2.30. The van der Waals surface area contributed by atoms with Crippen molar-refractivity contribution in [3.8, 4) is 0 Å². The third-order valence-electron chi connectivity index (χ3n) is 9.47. The van der Waals surface area contributed by atoms with E-state index in [1.54, 1.807) is 0 Å². The van der Waals surface area contributed by atoms with Gasteiger partial charge in [-0.3, -0.25) is 14.4 Å². The quantitative estimate of drug-likeness (QED) is 0.0264. The molecule has 0 aliphatic heterocycles. The molecule has 1 atom stereocenters. The van der Waals surface area contributed by atoms with E-state index in [1.807, 2.05) is 0 Å². The number of hydrogen-bond donors (Lipinski definition) is 0. The molecule has 0 rings (SSSR count). The van der Waals surface area contributed by atoms with Crippen LogP contribution in [0, 0.1) is 0 Å². The first-order chi connectivity index (χ1) is 29.5. The Kier molecular flexibility index (Phi) is 44.6. The summed E-state index contributed by atoms with van der Waals surface area (Å²) in [5.41, 5.74) is 0. The minimum absolute atomic E-state index is 0.110. The van der Waals surface area contributed by atoms with Gasteiger partial charge in [0.25, 0.3) is 0 Å². The van der Waals surface area contributed by atoms with Crippen LogP contribution < -0.4 is 0 Å². The van der Waals surface area contributed by atoms with Gasteiger partial charge >= 0.3 is 17.9 Å². The van der Waals surface area contributed by atoms with E-state index in [0.717, 1.165) is 135 Å². The van der Waals surface area contributed by atoms with Crippen LogP contribution in [0.1, 0.15) is 194 Å². The average Bonchev–Trinajstić information content (AvgIpc) is 3.24. The smallest absolute Gasteiger partial charge is 0.306 e. The molecule has 0 aliphatic rings. The Balaban J connectivity index is 4.51. The second-order valence-corrected chi connectivity index (χ2v) is 15.2. The minimum atomic E-state index is -0.813. The number of rotatable bonds is 41. The van der Waals surface area contributed by atoms with Gasteiger partial charge in [-0.1, -0.05) is 169 Å². The lowest BCUT2D eigenvalue weighted by molar-refractivity contribution is -0.167. The molecular weight excluding hydrogens is 745 g/mol. The van der Waals surface area contributed by atoms with E-state index in [4.69, 9.17) is 14.2 Å². The summed E-state index contributed by atoms with van der Waals surface area (Å²) in [5, 5.41) is 0. The number of esters is 3. The Morgan fingerprint density at radius 1 is 0.350 bits per heavy atom. The molecule has 0 saturated heterocycles. The Hall–Kier alpha value is -3.93. The highest BCUT2D eigenvalue weighted by molar-refractivity contribution is 5.71. The highest BCUT2D eigenvalue weighted by Crippen LogP contribution is 2.12. The molecule has 0 aromatic carbocycles. The van der Waals surface area contributed by atoms with Gasteiger partial charge < -0.3 is 14.2 Å². The molecule has 0 aromatic rings. The molecule has 0 bridgehead atoms. The molecule has 0 fully saturated rings. The third kappa shape index (κ3) is 45.2. The number of allylic oxidation sites excluding steroid dienone is 18. The first kappa shape index (κ1) is 56.1. The van der Waals surface area contributed by atoms with Crippen molar-refractivity contribution < 1.29 is 28.6 Å². The van der Waals surface area contributed by atoms with Crippen molar-refractivity contribution in [3.63, 3.8) is 0 Å². The summed E-state index contributed by atoms with van der Waals surface area (Å²) < 4.78 is 16.7. The van der Waals surface area contributed by atoms with Crippen molar-refractivity contribution >= 4 is 17.9 Å². The first-order valence-corrected chi connectivity index (χ1v) is 23.9. The van der Waals surface area contributed by atoms with Crippen molar-refractivity contribution in [2.75, 3.05) is 13.2 Å². The van der Waals surface area contributed by atoms with E-state index in [-0.39, 0.29) is 37.5 Å². The second-order valence-electron chi connectivity index (χ2n) is 15.2. The Bertz CT molecular complexity index is 1280. The van der Waals surface area contributed by atoms with Gasteiger partial charge in [-0.2, -0.15) is 0 Å². The van der Waals surface area contributed by atoms with E-state index < -0.39 is 6.10 Å². The van der Waals surface area contributed by atoms with E-state index in [2.05, 4.69) is 130 Å². The molecule has 60 heavy (non-hydrogen) atoms. The van der Waals surface area contributed by atoms with Crippen LogP contribution in [-0.2, 0) is 28.6 Å². The van der Waals surface area contributed by atoms with Crippen LogP contribution in [0.15, 0.2) is 109 Å². The molecule has 0 radical (unpaired) electrons. The molecule has 1 unspecified atom stereocenters. The van der Waals surface area contributed by atoms with Crippen molar-refractivity contribution in [3.05, 3.63) is 109 Å². The number of carbonyl (C=O) groups is 3. The van der Waals surface area contributed by atoms with Crippen LogP contribution in [0.2, 0.25) is 0 Å². The summed E-state index contributed by atoms with van der Waals surface area (Å²) in [6.45, 7) is 6.25. The maximum Gasteiger partial charge on any atom is 0.306 e. The van der Waals surface area contributed by atoms with Crippen LogP contribution in [0.25, 0.3) is 0 Å². The van der Waals surface area contributed by atoms with Gasteiger partial charge in [-0.05, 0) is 116 Å². The number of ether oxygens (including phenoxy) is 3. The highest BCUT2D eigenvalue weighted by Gasteiger charge is 2.19.